The highest BCUT2D eigenvalue weighted by molar-refractivity contribution is 7.88. The average molecular weight is 415 g/mol. The van der Waals surface area contributed by atoms with Gasteiger partial charge in [0.2, 0.25) is 21.8 Å². The lowest BCUT2D eigenvalue weighted by atomic mass is 9.97. The molecule has 3 aliphatic rings. The minimum absolute atomic E-state index is 0.0592. The number of nitrogens with zero attached hydrogens (tertiary/aromatic N) is 4. The number of sulfonamides is 1. The molecule has 0 saturated carbocycles. The van der Waals surface area contributed by atoms with Crippen molar-refractivity contribution in [2.24, 2.45) is 5.92 Å². The molecule has 2 amide bonds. The molecule has 0 N–H and O–H groups in total. The number of piperazine rings is 1. The molecule has 3 aliphatic heterocycles. The summed E-state index contributed by atoms with van der Waals surface area (Å²) < 4.78 is 25.0. The second kappa shape index (κ2) is 9.09. The Balaban J connectivity index is 1.47. The number of carbonyl (C=O) groups excluding carboxylic acids is 2. The summed E-state index contributed by atoms with van der Waals surface area (Å²) in [5.41, 5.74) is 0. The maximum Gasteiger partial charge on any atom is 0.236 e. The molecule has 160 valence electrons. The number of rotatable bonds is 4. The van der Waals surface area contributed by atoms with E-state index in [-0.39, 0.29) is 17.7 Å². The number of amides is 2. The van der Waals surface area contributed by atoms with Crippen molar-refractivity contribution >= 4 is 21.8 Å². The van der Waals surface area contributed by atoms with Crippen LogP contribution in [0.3, 0.4) is 0 Å². The summed E-state index contributed by atoms with van der Waals surface area (Å²) in [6.45, 7) is 6.82. The first-order chi connectivity index (χ1) is 13.3. The van der Waals surface area contributed by atoms with Crippen LogP contribution in [0.4, 0.5) is 0 Å². The van der Waals surface area contributed by atoms with E-state index in [9.17, 15) is 18.0 Å². The van der Waals surface area contributed by atoms with Gasteiger partial charge in [-0.3, -0.25) is 14.5 Å². The van der Waals surface area contributed by atoms with Crippen molar-refractivity contribution in [2.75, 3.05) is 58.6 Å². The first-order valence-corrected chi connectivity index (χ1v) is 12.4. The first-order valence-electron chi connectivity index (χ1n) is 10.5. The van der Waals surface area contributed by atoms with E-state index in [1.807, 2.05) is 9.80 Å². The fraction of sp³-hybridized carbons (Fsp3) is 0.895. The molecule has 3 saturated heterocycles. The lowest BCUT2D eigenvalue weighted by molar-refractivity contribution is -0.139. The number of carbonyl (C=O) groups is 2. The molecule has 0 aromatic rings. The van der Waals surface area contributed by atoms with Crippen molar-refractivity contribution in [3.63, 3.8) is 0 Å². The summed E-state index contributed by atoms with van der Waals surface area (Å²) in [7, 11) is -3.25. The summed E-state index contributed by atoms with van der Waals surface area (Å²) in [6.07, 6.45) is 6.05. The molecule has 28 heavy (non-hydrogen) atoms. The smallest absolute Gasteiger partial charge is 0.236 e. The van der Waals surface area contributed by atoms with Crippen LogP contribution in [-0.4, -0.2) is 104 Å². The Morgan fingerprint density at radius 2 is 1.64 bits per heavy atom. The van der Waals surface area contributed by atoms with E-state index in [0.717, 1.165) is 32.2 Å². The highest BCUT2D eigenvalue weighted by Crippen LogP contribution is 2.22. The molecule has 0 aromatic heterocycles. The summed E-state index contributed by atoms with van der Waals surface area (Å²) in [4.78, 5) is 31.5. The van der Waals surface area contributed by atoms with Crippen LogP contribution in [-0.2, 0) is 19.6 Å². The van der Waals surface area contributed by atoms with Gasteiger partial charge in [0.1, 0.15) is 0 Å². The summed E-state index contributed by atoms with van der Waals surface area (Å²) >= 11 is 0. The van der Waals surface area contributed by atoms with Crippen molar-refractivity contribution in [3.05, 3.63) is 0 Å². The molecule has 0 radical (unpaired) electrons. The fourth-order valence-electron chi connectivity index (χ4n) is 4.58. The first kappa shape index (κ1) is 21.5. The van der Waals surface area contributed by atoms with Crippen LogP contribution in [0.2, 0.25) is 0 Å². The summed E-state index contributed by atoms with van der Waals surface area (Å²) in [5.74, 6) is 0.0119. The molecule has 0 aliphatic carbocycles. The molecule has 0 spiro atoms. The average Bonchev–Trinajstić information content (AvgIpc) is 2.68. The Hall–Kier alpha value is -1.19. The Morgan fingerprint density at radius 3 is 2.29 bits per heavy atom. The predicted octanol–water partition coefficient (Wildman–Crippen LogP) is 0.203. The number of hydrogen-bond donors (Lipinski definition) is 0. The molecular weight excluding hydrogens is 380 g/mol. The van der Waals surface area contributed by atoms with Crippen molar-refractivity contribution < 1.29 is 18.0 Å². The van der Waals surface area contributed by atoms with Gasteiger partial charge in [0, 0.05) is 51.9 Å². The van der Waals surface area contributed by atoms with Crippen molar-refractivity contribution in [1.82, 2.24) is 19.0 Å². The quantitative estimate of drug-likeness (QED) is 0.657. The topological polar surface area (TPSA) is 81.2 Å². The molecule has 2 unspecified atom stereocenters. The zero-order chi connectivity index (χ0) is 20.3. The molecule has 3 heterocycles. The van der Waals surface area contributed by atoms with Gasteiger partial charge in [-0.15, -0.1) is 0 Å². The van der Waals surface area contributed by atoms with Gasteiger partial charge in [0.15, 0.2) is 0 Å². The fourth-order valence-corrected chi connectivity index (χ4v) is 5.49. The summed E-state index contributed by atoms with van der Waals surface area (Å²) in [6, 6.07) is 0.327. The lowest BCUT2D eigenvalue weighted by Crippen LogP contribution is -2.55. The predicted molar refractivity (Wildman–Crippen MR) is 107 cm³/mol. The van der Waals surface area contributed by atoms with Crippen molar-refractivity contribution in [3.8, 4) is 0 Å². The van der Waals surface area contributed by atoms with Crippen molar-refractivity contribution in [1.29, 1.82) is 0 Å². The molecule has 3 fully saturated rings. The van der Waals surface area contributed by atoms with E-state index >= 15 is 0 Å². The van der Waals surface area contributed by atoms with E-state index in [1.165, 1.54) is 17.0 Å². The molecule has 8 nitrogen and oxygen atoms in total. The molecule has 0 aromatic carbocycles. The SMILES string of the molecule is CC1CCCCN1C(=O)CN1CCN(C(=O)C2CCCN(S(C)(=O)=O)C2)CC1. The zero-order valence-electron chi connectivity index (χ0n) is 17.2. The van der Waals surface area contributed by atoms with E-state index in [1.54, 1.807) is 0 Å². The van der Waals surface area contributed by atoms with E-state index in [2.05, 4.69) is 11.8 Å². The third-order valence-corrected chi connectivity index (χ3v) is 7.64. The third-order valence-electron chi connectivity index (χ3n) is 6.37. The Bertz CT molecular complexity index is 675. The number of likely N-dealkylation sites (tertiary alicyclic amines) is 1. The normalized spacial score (nSPS) is 28.4. The van der Waals surface area contributed by atoms with E-state index in [0.29, 0.717) is 51.9 Å². The van der Waals surface area contributed by atoms with Gasteiger partial charge in [0.05, 0.1) is 18.7 Å². The van der Waals surface area contributed by atoms with Crippen molar-refractivity contribution in [2.45, 2.75) is 45.1 Å². The maximum atomic E-state index is 12.9. The molecule has 3 rings (SSSR count). The molecule has 2 atom stereocenters. The van der Waals surface area contributed by atoms with E-state index in [4.69, 9.17) is 0 Å². The van der Waals surface area contributed by atoms with Gasteiger partial charge in [0.25, 0.3) is 0 Å². The third kappa shape index (κ3) is 5.24. The Labute approximate surface area is 168 Å². The minimum atomic E-state index is -3.25. The van der Waals surface area contributed by atoms with Crippen LogP contribution < -0.4 is 0 Å². The highest BCUT2D eigenvalue weighted by atomic mass is 32.2. The minimum Gasteiger partial charge on any atom is -0.340 e. The number of piperidine rings is 2. The molecule has 0 bridgehead atoms. The van der Waals surface area contributed by atoms with Crippen LogP contribution in [0.1, 0.15) is 39.0 Å². The number of hydrogen-bond acceptors (Lipinski definition) is 5. The Morgan fingerprint density at radius 1 is 0.929 bits per heavy atom. The van der Waals surface area contributed by atoms with Crippen LogP contribution in [0.25, 0.3) is 0 Å². The van der Waals surface area contributed by atoms with Gasteiger partial charge in [-0.2, -0.15) is 0 Å². The zero-order valence-corrected chi connectivity index (χ0v) is 18.0. The van der Waals surface area contributed by atoms with Gasteiger partial charge in [-0.25, -0.2) is 12.7 Å². The highest BCUT2D eigenvalue weighted by Gasteiger charge is 2.34. The van der Waals surface area contributed by atoms with Crippen LogP contribution in [0, 0.1) is 5.92 Å². The molecule has 9 heteroatoms. The standard InChI is InChI=1S/C19H34N4O4S/c1-16-6-3-4-9-23(16)18(24)15-20-10-12-21(13-11-20)19(25)17-7-5-8-22(14-17)28(2,26)27/h16-17H,3-15H2,1-2H3. The van der Waals surface area contributed by atoms with Crippen LogP contribution in [0.5, 0.6) is 0 Å². The largest absolute Gasteiger partial charge is 0.340 e. The van der Waals surface area contributed by atoms with Gasteiger partial charge >= 0.3 is 0 Å². The van der Waals surface area contributed by atoms with Crippen LogP contribution in [0.15, 0.2) is 0 Å². The molecular formula is C19H34N4O4S. The monoisotopic (exact) mass is 414 g/mol. The van der Waals surface area contributed by atoms with Gasteiger partial charge < -0.3 is 9.80 Å². The van der Waals surface area contributed by atoms with Crippen LogP contribution >= 0.6 is 0 Å². The van der Waals surface area contributed by atoms with Gasteiger partial charge in [-0.1, -0.05) is 0 Å². The maximum absolute atomic E-state index is 12.9. The summed E-state index contributed by atoms with van der Waals surface area (Å²) in [5, 5.41) is 0. The van der Waals surface area contributed by atoms with Gasteiger partial charge in [-0.05, 0) is 39.0 Å². The lowest BCUT2D eigenvalue weighted by Gasteiger charge is -2.39. The second-order valence-electron chi connectivity index (χ2n) is 8.49. The second-order valence-corrected chi connectivity index (χ2v) is 10.5. The Kier molecular flexibility index (Phi) is 6.98. The van der Waals surface area contributed by atoms with E-state index < -0.39 is 10.0 Å².